The minimum absolute atomic E-state index is 0.154. The third-order valence-electron chi connectivity index (χ3n) is 3.07. The van der Waals surface area contributed by atoms with Crippen LogP contribution in [0.25, 0.3) is 11.5 Å². The topological polar surface area (TPSA) is 51.0 Å². The molecule has 0 saturated heterocycles. The molecule has 1 aromatic carbocycles. The summed E-state index contributed by atoms with van der Waals surface area (Å²) < 4.78 is 5.73. The van der Waals surface area contributed by atoms with Crippen LogP contribution in [0.3, 0.4) is 0 Å². The van der Waals surface area contributed by atoms with Crippen molar-refractivity contribution >= 4 is 0 Å². The van der Waals surface area contributed by atoms with Crippen LogP contribution in [-0.2, 0) is 6.42 Å². The van der Waals surface area contributed by atoms with Gasteiger partial charge in [0, 0.05) is 17.5 Å². The minimum Gasteiger partial charge on any atom is -0.421 e. The molecular weight excluding hydrogens is 250 g/mol. The molecule has 0 unspecified atom stereocenters. The van der Waals surface area contributed by atoms with E-state index in [1.165, 1.54) is 0 Å². The summed E-state index contributed by atoms with van der Waals surface area (Å²) in [5.74, 6) is 1.32. The fourth-order valence-electron chi connectivity index (χ4n) is 1.98. The summed E-state index contributed by atoms with van der Waals surface area (Å²) in [7, 11) is 0. The number of benzene rings is 1. The number of nitrogens with zero attached hydrogens (tertiary/aromatic N) is 2. The van der Waals surface area contributed by atoms with Crippen LogP contribution in [0.1, 0.15) is 38.6 Å². The minimum atomic E-state index is 0.154. The van der Waals surface area contributed by atoms with Crippen LogP contribution in [0.15, 0.2) is 28.7 Å². The van der Waals surface area contributed by atoms with Crippen LogP contribution in [0.4, 0.5) is 0 Å². The highest BCUT2D eigenvalue weighted by Gasteiger charge is 2.11. The van der Waals surface area contributed by atoms with E-state index >= 15 is 0 Å². The summed E-state index contributed by atoms with van der Waals surface area (Å²) in [5, 5.41) is 11.7. The maximum absolute atomic E-state index is 5.73. The second-order valence-corrected chi connectivity index (χ2v) is 6.10. The van der Waals surface area contributed by atoms with Gasteiger partial charge in [-0.05, 0) is 52.3 Å². The number of hydrogen-bond donors (Lipinski definition) is 1. The van der Waals surface area contributed by atoms with E-state index in [0.29, 0.717) is 11.8 Å². The van der Waals surface area contributed by atoms with Crippen molar-refractivity contribution in [3.63, 3.8) is 0 Å². The lowest BCUT2D eigenvalue weighted by atomic mass is 10.1. The number of aryl methyl sites for hydroxylation is 2. The highest BCUT2D eigenvalue weighted by Crippen LogP contribution is 2.21. The van der Waals surface area contributed by atoms with Crippen molar-refractivity contribution < 1.29 is 4.42 Å². The molecule has 2 rings (SSSR count). The standard InChI is InChI=1S/C16H23N3O/c1-12-8-5-6-9-13(12)15-19-18-14(20-15)10-7-11-17-16(2,3)4/h5-6,8-9,17H,7,10-11H2,1-4H3. The first-order chi connectivity index (χ1) is 9.46. The van der Waals surface area contributed by atoms with Gasteiger partial charge in [-0.3, -0.25) is 0 Å². The van der Waals surface area contributed by atoms with Crippen LogP contribution in [0.5, 0.6) is 0 Å². The van der Waals surface area contributed by atoms with Crippen molar-refractivity contribution in [2.24, 2.45) is 0 Å². The van der Waals surface area contributed by atoms with E-state index in [0.717, 1.165) is 30.5 Å². The molecule has 1 heterocycles. The van der Waals surface area contributed by atoms with E-state index in [2.05, 4.69) is 36.3 Å². The number of nitrogens with one attached hydrogen (secondary N) is 1. The van der Waals surface area contributed by atoms with Gasteiger partial charge in [-0.1, -0.05) is 18.2 Å². The average Bonchev–Trinajstić information content (AvgIpc) is 2.83. The zero-order valence-electron chi connectivity index (χ0n) is 12.7. The molecule has 1 N–H and O–H groups in total. The van der Waals surface area contributed by atoms with Crippen molar-refractivity contribution in [3.05, 3.63) is 35.7 Å². The Morgan fingerprint density at radius 3 is 2.60 bits per heavy atom. The molecule has 0 aliphatic rings. The van der Waals surface area contributed by atoms with Crippen LogP contribution >= 0.6 is 0 Å². The third-order valence-corrected chi connectivity index (χ3v) is 3.07. The molecule has 2 aromatic rings. The second kappa shape index (κ2) is 6.18. The van der Waals surface area contributed by atoms with Crippen molar-refractivity contribution in [2.75, 3.05) is 6.54 Å². The van der Waals surface area contributed by atoms with Gasteiger partial charge < -0.3 is 9.73 Å². The number of rotatable bonds is 5. The van der Waals surface area contributed by atoms with Crippen LogP contribution in [-0.4, -0.2) is 22.3 Å². The number of hydrogen-bond acceptors (Lipinski definition) is 4. The van der Waals surface area contributed by atoms with Gasteiger partial charge in [-0.15, -0.1) is 10.2 Å². The van der Waals surface area contributed by atoms with E-state index in [4.69, 9.17) is 4.42 Å². The predicted octanol–water partition coefficient (Wildman–Crippen LogP) is 3.37. The largest absolute Gasteiger partial charge is 0.421 e. The zero-order chi connectivity index (χ0) is 14.6. The SMILES string of the molecule is Cc1ccccc1-c1nnc(CCCNC(C)(C)C)o1. The van der Waals surface area contributed by atoms with Gasteiger partial charge >= 0.3 is 0 Å². The van der Waals surface area contributed by atoms with E-state index in [-0.39, 0.29) is 5.54 Å². The first kappa shape index (κ1) is 14.7. The Labute approximate surface area is 120 Å². The summed E-state index contributed by atoms with van der Waals surface area (Å²) in [6.45, 7) is 9.49. The molecule has 0 atom stereocenters. The second-order valence-electron chi connectivity index (χ2n) is 6.10. The predicted molar refractivity (Wildman–Crippen MR) is 80.5 cm³/mol. The normalized spacial score (nSPS) is 11.8. The molecule has 0 spiro atoms. The van der Waals surface area contributed by atoms with E-state index < -0.39 is 0 Å². The average molecular weight is 273 g/mol. The third kappa shape index (κ3) is 4.17. The molecule has 4 nitrogen and oxygen atoms in total. The molecule has 20 heavy (non-hydrogen) atoms. The Kier molecular flexibility index (Phi) is 4.55. The van der Waals surface area contributed by atoms with Gasteiger partial charge in [0.05, 0.1) is 0 Å². The first-order valence-corrected chi connectivity index (χ1v) is 7.09. The molecule has 0 amide bonds. The van der Waals surface area contributed by atoms with Crippen molar-refractivity contribution in [1.82, 2.24) is 15.5 Å². The van der Waals surface area contributed by atoms with E-state index in [1.807, 2.05) is 31.2 Å². The van der Waals surface area contributed by atoms with Gasteiger partial charge in [0.1, 0.15) is 0 Å². The first-order valence-electron chi connectivity index (χ1n) is 7.09. The molecule has 0 saturated carbocycles. The fourth-order valence-corrected chi connectivity index (χ4v) is 1.98. The van der Waals surface area contributed by atoms with Gasteiger partial charge in [-0.2, -0.15) is 0 Å². The summed E-state index contributed by atoms with van der Waals surface area (Å²) in [4.78, 5) is 0. The summed E-state index contributed by atoms with van der Waals surface area (Å²) in [6, 6.07) is 8.05. The summed E-state index contributed by atoms with van der Waals surface area (Å²) in [5.41, 5.74) is 2.32. The Morgan fingerprint density at radius 2 is 1.90 bits per heavy atom. The Balaban J connectivity index is 1.92. The van der Waals surface area contributed by atoms with Crippen molar-refractivity contribution in [3.8, 4) is 11.5 Å². The highest BCUT2D eigenvalue weighted by atomic mass is 16.4. The van der Waals surface area contributed by atoms with Gasteiger partial charge in [0.25, 0.3) is 0 Å². The van der Waals surface area contributed by atoms with Gasteiger partial charge in [0.15, 0.2) is 0 Å². The maximum Gasteiger partial charge on any atom is 0.247 e. The molecule has 1 aromatic heterocycles. The van der Waals surface area contributed by atoms with Crippen molar-refractivity contribution in [1.29, 1.82) is 0 Å². The van der Waals surface area contributed by atoms with E-state index in [9.17, 15) is 0 Å². The lowest BCUT2D eigenvalue weighted by molar-refractivity contribution is 0.412. The molecule has 0 radical (unpaired) electrons. The van der Waals surface area contributed by atoms with Gasteiger partial charge in [0.2, 0.25) is 11.8 Å². The molecular formula is C16H23N3O. The van der Waals surface area contributed by atoms with Gasteiger partial charge in [-0.25, -0.2) is 0 Å². The molecule has 0 bridgehead atoms. The lowest BCUT2D eigenvalue weighted by Gasteiger charge is -2.19. The Bertz CT molecular complexity index is 555. The molecule has 0 aliphatic carbocycles. The Hall–Kier alpha value is -1.68. The smallest absolute Gasteiger partial charge is 0.247 e. The molecule has 108 valence electrons. The quantitative estimate of drug-likeness (QED) is 0.849. The summed E-state index contributed by atoms with van der Waals surface area (Å²) in [6.07, 6.45) is 1.80. The number of aromatic nitrogens is 2. The molecule has 0 aliphatic heterocycles. The van der Waals surface area contributed by atoms with Crippen LogP contribution in [0.2, 0.25) is 0 Å². The van der Waals surface area contributed by atoms with Crippen molar-refractivity contribution in [2.45, 2.75) is 46.1 Å². The Morgan fingerprint density at radius 1 is 1.15 bits per heavy atom. The summed E-state index contributed by atoms with van der Waals surface area (Å²) >= 11 is 0. The molecule has 0 fully saturated rings. The van der Waals surface area contributed by atoms with Crippen LogP contribution < -0.4 is 5.32 Å². The fraction of sp³-hybridized carbons (Fsp3) is 0.500. The molecule has 4 heteroatoms. The zero-order valence-corrected chi connectivity index (χ0v) is 12.7. The lowest BCUT2D eigenvalue weighted by Crippen LogP contribution is -2.36. The van der Waals surface area contributed by atoms with E-state index in [1.54, 1.807) is 0 Å². The monoisotopic (exact) mass is 273 g/mol. The highest BCUT2D eigenvalue weighted by molar-refractivity contribution is 5.57. The van der Waals surface area contributed by atoms with Crippen LogP contribution in [0, 0.1) is 6.92 Å². The maximum atomic E-state index is 5.73.